The number of nitrogens with two attached hydrogens (primary N) is 1. The van der Waals surface area contributed by atoms with E-state index < -0.39 is 0 Å². The molecule has 106 valence electrons. The lowest BCUT2D eigenvalue weighted by molar-refractivity contribution is 0.378. The maximum absolute atomic E-state index is 5.88. The third kappa shape index (κ3) is 2.29. The molecule has 2 unspecified atom stereocenters. The van der Waals surface area contributed by atoms with Crippen molar-refractivity contribution in [2.75, 3.05) is 11.4 Å². The highest BCUT2D eigenvalue weighted by Crippen LogP contribution is 2.34. The minimum atomic E-state index is 0.605. The molecule has 1 fully saturated rings. The molecule has 2 aromatic carbocycles. The number of hydrogen-bond acceptors (Lipinski definition) is 2. The van der Waals surface area contributed by atoms with E-state index in [0.717, 1.165) is 12.5 Å². The molecule has 1 aliphatic heterocycles. The lowest BCUT2D eigenvalue weighted by Crippen LogP contribution is -2.40. The van der Waals surface area contributed by atoms with Gasteiger partial charge in [-0.1, -0.05) is 37.3 Å². The standard InChI is InChI=1S/C18H24N2/c1-13-9-10-20(14(2)11-13)18-8-7-15(12-19)16-5-3-4-6-17(16)18/h3-8,13-14H,9-12,19H2,1-2H3. The summed E-state index contributed by atoms with van der Waals surface area (Å²) in [5.74, 6) is 0.843. The molecule has 2 N–H and O–H groups in total. The molecule has 20 heavy (non-hydrogen) atoms. The maximum Gasteiger partial charge on any atom is 0.0448 e. The molecule has 0 aromatic heterocycles. The van der Waals surface area contributed by atoms with Crippen LogP contribution >= 0.6 is 0 Å². The molecule has 2 heteroatoms. The number of rotatable bonds is 2. The number of benzene rings is 2. The number of hydrogen-bond donors (Lipinski definition) is 1. The summed E-state index contributed by atoms with van der Waals surface area (Å²) in [6.45, 7) is 6.48. The van der Waals surface area contributed by atoms with Crippen molar-refractivity contribution in [2.45, 2.75) is 39.3 Å². The third-order valence-electron chi connectivity index (χ3n) is 4.66. The number of fused-ring (bicyclic) bond motifs is 1. The molecule has 2 nitrogen and oxygen atoms in total. The normalized spacial score (nSPS) is 23.2. The third-order valence-corrected chi connectivity index (χ3v) is 4.66. The van der Waals surface area contributed by atoms with E-state index in [1.54, 1.807) is 0 Å². The molecule has 0 bridgehead atoms. The van der Waals surface area contributed by atoms with Crippen LogP contribution in [-0.2, 0) is 6.54 Å². The first-order valence-corrected chi connectivity index (χ1v) is 7.68. The van der Waals surface area contributed by atoms with Gasteiger partial charge in [0.2, 0.25) is 0 Å². The van der Waals surface area contributed by atoms with Crippen molar-refractivity contribution in [1.29, 1.82) is 0 Å². The molecule has 1 aliphatic rings. The maximum atomic E-state index is 5.88. The summed E-state index contributed by atoms with van der Waals surface area (Å²) >= 11 is 0. The van der Waals surface area contributed by atoms with Crippen molar-refractivity contribution < 1.29 is 0 Å². The van der Waals surface area contributed by atoms with E-state index in [0.29, 0.717) is 12.6 Å². The predicted molar refractivity (Wildman–Crippen MR) is 87.0 cm³/mol. The second kappa shape index (κ2) is 5.45. The van der Waals surface area contributed by atoms with Gasteiger partial charge >= 0.3 is 0 Å². The van der Waals surface area contributed by atoms with Gasteiger partial charge < -0.3 is 10.6 Å². The second-order valence-corrected chi connectivity index (χ2v) is 6.17. The first-order valence-electron chi connectivity index (χ1n) is 7.68. The van der Waals surface area contributed by atoms with Gasteiger partial charge in [-0.25, -0.2) is 0 Å². The van der Waals surface area contributed by atoms with Gasteiger partial charge in [0.05, 0.1) is 0 Å². The van der Waals surface area contributed by atoms with Gasteiger partial charge in [-0.15, -0.1) is 0 Å². The Bertz CT molecular complexity index is 605. The zero-order chi connectivity index (χ0) is 14.1. The fraction of sp³-hybridized carbons (Fsp3) is 0.444. The van der Waals surface area contributed by atoms with E-state index >= 15 is 0 Å². The minimum Gasteiger partial charge on any atom is -0.368 e. The predicted octanol–water partition coefficient (Wildman–Crippen LogP) is 3.92. The van der Waals surface area contributed by atoms with Crippen molar-refractivity contribution in [3.05, 3.63) is 42.0 Å². The molecule has 1 heterocycles. The Morgan fingerprint density at radius 3 is 2.55 bits per heavy atom. The summed E-state index contributed by atoms with van der Waals surface area (Å²) < 4.78 is 0. The van der Waals surface area contributed by atoms with Gasteiger partial charge in [0, 0.05) is 30.2 Å². The molecular formula is C18H24N2. The molecule has 0 spiro atoms. The molecule has 0 radical (unpaired) electrons. The van der Waals surface area contributed by atoms with Crippen LogP contribution in [0.4, 0.5) is 5.69 Å². The van der Waals surface area contributed by atoms with Crippen molar-refractivity contribution >= 4 is 16.5 Å². The Morgan fingerprint density at radius 1 is 1.10 bits per heavy atom. The number of nitrogens with zero attached hydrogens (tertiary/aromatic N) is 1. The molecular weight excluding hydrogens is 244 g/mol. The highest BCUT2D eigenvalue weighted by molar-refractivity contribution is 5.96. The molecule has 1 saturated heterocycles. The average Bonchev–Trinajstić information content (AvgIpc) is 2.47. The van der Waals surface area contributed by atoms with Gasteiger partial charge in [-0.05, 0) is 42.7 Å². The lowest BCUT2D eigenvalue weighted by atomic mass is 9.92. The SMILES string of the molecule is CC1CCN(c2ccc(CN)c3ccccc23)C(C)C1. The van der Waals surface area contributed by atoms with Crippen molar-refractivity contribution in [2.24, 2.45) is 11.7 Å². The summed E-state index contributed by atoms with van der Waals surface area (Å²) in [5, 5.41) is 2.65. The van der Waals surface area contributed by atoms with Crippen LogP contribution in [0.15, 0.2) is 36.4 Å². The zero-order valence-electron chi connectivity index (χ0n) is 12.5. The first-order chi connectivity index (χ1) is 9.70. The zero-order valence-corrected chi connectivity index (χ0v) is 12.5. The smallest absolute Gasteiger partial charge is 0.0448 e. The monoisotopic (exact) mass is 268 g/mol. The minimum absolute atomic E-state index is 0.605. The Morgan fingerprint density at radius 2 is 1.85 bits per heavy atom. The van der Waals surface area contributed by atoms with Gasteiger partial charge in [0.15, 0.2) is 0 Å². The van der Waals surface area contributed by atoms with E-state index in [1.807, 2.05) is 0 Å². The first kappa shape index (κ1) is 13.4. The van der Waals surface area contributed by atoms with Crippen molar-refractivity contribution in [3.8, 4) is 0 Å². The van der Waals surface area contributed by atoms with E-state index in [-0.39, 0.29) is 0 Å². The summed E-state index contributed by atoms with van der Waals surface area (Å²) in [5.41, 5.74) is 8.49. The van der Waals surface area contributed by atoms with E-state index in [4.69, 9.17) is 5.73 Å². The van der Waals surface area contributed by atoms with Crippen LogP contribution in [0.1, 0.15) is 32.3 Å². The largest absolute Gasteiger partial charge is 0.368 e. The fourth-order valence-corrected chi connectivity index (χ4v) is 3.54. The van der Waals surface area contributed by atoms with Gasteiger partial charge in [0.25, 0.3) is 0 Å². The van der Waals surface area contributed by atoms with Gasteiger partial charge in [-0.3, -0.25) is 0 Å². The topological polar surface area (TPSA) is 29.3 Å². The highest BCUT2D eigenvalue weighted by atomic mass is 15.2. The van der Waals surface area contributed by atoms with Crippen LogP contribution in [-0.4, -0.2) is 12.6 Å². The summed E-state index contributed by atoms with van der Waals surface area (Å²) in [6.07, 6.45) is 2.57. The quantitative estimate of drug-likeness (QED) is 0.894. The van der Waals surface area contributed by atoms with Crippen LogP contribution in [0.3, 0.4) is 0 Å². The van der Waals surface area contributed by atoms with E-state index in [1.165, 1.54) is 34.9 Å². The van der Waals surface area contributed by atoms with Crippen molar-refractivity contribution in [1.82, 2.24) is 0 Å². The fourth-order valence-electron chi connectivity index (χ4n) is 3.54. The molecule has 0 amide bonds. The molecule has 0 aliphatic carbocycles. The Hall–Kier alpha value is -1.54. The van der Waals surface area contributed by atoms with Gasteiger partial charge in [0.1, 0.15) is 0 Å². The number of anilines is 1. The Kier molecular flexibility index (Phi) is 3.66. The lowest BCUT2D eigenvalue weighted by Gasteiger charge is -2.39. The molecule has 3 rings (SSSR count). The second-order valence-electron chi connectivity index (χ2n) is 6.17. The Balaban J connectivity index is 2.08. The van der Waals surface area contributed by atoms with E-state index in [2.05, 4.69) is 55.1 Å². The number of piperidine rings is 1. The van der Waals surface area contributed by atoms with Crippen LogP contribution in [0.25, 0.3) is 10.8 Å². The van der Waals surface area contributed by atoms with Crippen LogP contribution in [0, 0.1) is 5.92 Å². The summed E-state index contributed by atoms with van der Waals surface area (Å²) in [4.78, 5) is 2.57. The van der Waals surface area contributed by atoms with Crippen LogP contribution in [0.2, 0.25) is 0 Å². The molecule has 2 aromatic rings. The summed E-state index contributed by atoms with van der Waals surface area (Å²) in [7, 11) is 0. The average molecular weight is 268 g/mol. The molecule has 2 atom stereocenters. The highest BCUT2D eigenvalue weighted by Gasteiger charge is 2.24. The summed E-state index contributed by atoms with van der Waals surface area (Å²) in [6, 6.07) is 13.7. The Labute approximate surface area is 121 Å². The van der Waals surface area contributed by atoms with Crippen LogP contribution < -0.4 is 10.6 Å². The van der Waals surface area contributed by atoms with E-state index in [9.17, 15) is 0 Å². The van der Waals surface area contributed by atoms with Gasteiger partial charge in [-0.2, -0.15) is 0 Å². The van der Waals surface area contributed by atoms with Crippen molar-refractivity contribution in [3.63, 3.8) is 0 Å². The molecule has 0 saturated carbocycles. The van der Waals surface area contributed by atoms with Crippen LogP contribution in [0.5, 0.6) is 0 Å².